The van der Waals surface area contributed by atoms with Crippen LogP contribution in [0.3, 0.4) is 0 Å². The van der Waals surface area contributed by atoms with Crippen LogP contribution in [0.25, 0.3) is 0 Å². The van der Waals surface area contributed by atoms with E-state index in [-0.39, 0.29) is 11.7 Å². The molecule has 0 spiro atoms. The maximum atomic E-state index is 12.3. The van der Waals surface area contributed by atoms with Crippen LogP contribution in [0, 0.1) is 3.57 Å². The molecule has 0 bridgehead atoms. The Bertz CT molecular complexity index is 611. The van der Waals surface area contributed by atoms with Gasteiger partial charge in [-0.15, -0.1) is 0 Å². The number of hydrogen-bond donors (Lipinski definition) is 2. The molecular formula is C14H13IN2O2. The molecule has 5 heteroatoms. The van der Waals surface area contributed by atoms with Crippen molar-refractivity contribution in [3.05, 3.63) is 51.6 Å². The lowest BCUT2D eigenvalue weighted by atomic mass is 10.1. The number of hydrogen-bond acceptors (Lipinski definition) is 3. The number of nitrogen functional groups attached to an aromatic ring is 1. The highest BCUT2D eigenvalue weighted by Crippen LogP contribution is 2.23. The van der Waals surface area contributed by atoms with Crippen LogP contribution >= 0.6 is 22.6 Å². The van der Waals surface area contributed by atoms with Crippen LogP contribution in [0.2, 0.25) is 0 Å². The largest absolute Gasteiger partial charge is 0.507 e. The monoisotopic (exact) mass is 368 g/mol. The lowest BCUT2D eigenvalue weighted by Crippen LogP contribution is -2.26. The molecule has 0 fully saturated rings. The number of rotatable bonds is 2. The molecule has 4 nitrogen and oxygen atoms in total. The quantitative estimate of drug-likeness (QED) is 0.633. The van der Waals surface area contributed by atoms with Gasteiger partial charge in [0, 0.05) is 24.0 Å². The fraction of sp³-hybridized carbons (Fsp3) is 0.0714. The zero-order chi connectivity index (χ0) is 14.0. The molecule has 0 radical (unpaired) electrons. The van der Waals surface area contributed by atoms with Crippen molar-refractivity contribution in [3.63, 3.8) is 0 Å². The van der Waals surface area contributed by atoms with Crippen LogP contribution in [0.15, 0.2) is 42.5 Å². The lowest BCUT2D eigenvalue weighted by Gasteiger charge is -2.17. The highest BCUT2D eigenvalue weighted by atomic mass is 127. The fourth-order valence-corrected chi connectivity index (χ4v) is 1.99. The Labute approximate surface area is 125 Å². The van der Waals surface area contributed by atoms with E-state index in [9.17, 15) is 9.90 Å². The summed E-state index contributed by atoms with van der Waals surface area (Å²) >= 11 is 2.01. The average molecular weight is 368 g/mol. The second-order valence-electron chi connectivity index (χ2n) is 4.12. The molecule has 2 aromatic carbocycles. The summed E-state index contributed by atoms with van der Waals surface area (Å²) in [6, 6.07) is 11.9. The van der Waals surface area contributed by atoms with Crippen molar-refractivity contribution in [1.82, 2.24) is 0 Å². The highest BCUT2D eigenvalue weighted by molar-refractivity contribution is 14.1. The van der Waals surface area contributed by atoms with Gasteiger partial charge >= 0.3 is 0 Å². The molecule has 0 aliphatic heterocycles. The normalized spacial score (nSPS) is 10.2. The minimum Gasteiger partial charge on any atom is -0.507 e. The van der Waals surface area contributed by atoms with Gasteiger partial charge in [0.1, 0.15) is 5.75 Å². The van der Waals surface area contributed by atoms with E-state index in [1.165, 1.54) is 11.0 Å². The predicted octanol–water partition coefficient (Wildman–Crippen LogP) is 2.86. The summed E-state index contributed by atoms with van der Waals surface area (Å²) in [4.78, 5) is 13.8. The number of nitrogens with two attached hydrogens (primary N) is 1. The highest BCUT2D eigenvalue weighted by Gasteiger charge is 2.14. The zero-order valence-corrected chi connectivity index (χ0v) is 12.5. The third-order valence-electron chi connectivity index (χ3n) is 2.78. The van der Waals surface area contributed by atoms with E-state index in [0.29, 0.717) is 14.8 Å². The Kier molecular flexibility index (Phi) is 3.94. The van der Waals surface area contributed by atoms with E-state index >= 15 is 0 Å². The molecule has 1 amide bonds. The zero-order valence-electron chi connectivity index (χ0n) is 10.3. The van der Waals surface area contributed by atoms with Crippen molar-refractivity contribution in [2.24, 2.45) is 0 Å². The number of carbonyl (C=O) groups excluding carboxylic acids is 1. The lowest BCUT2D eigenvalue weighted by molar-refractivity contribution is 0.0992. The molecule has 0 saturated carbocycles. The van der Waals surface area contributed by atoms with Gasteiger partial charge in [-0.3, -0.25) is 4.79 Å². The molecule has 0 atom stereocenters. The first-order valence-corrected chi connectivity index (χ1v) is 6.69. The predicted molar refractivity (Wildman–Crippen MR) is 84.4 cm³/mol. The van der Waals surface area contributed by atoms with E-state index in [0.717, 1.165) is 5.69 Å². The number of aromatic hydroxyl groups is 1. The third kappa shape index (κ3) is 2.98. The minimum atomic E-state index is -0.184. The van der Waals surface area contributed by atoms with Gasteiger partial charge in [0.2, 0.25) is 0 Å². The summed E-state index contributed by atoms with van der Waals surface area (Å²) in [7, 11) is 1.68. The fourth-order valence-electron chi connectivity index (χ4n) is 1.65. The molecule has 0 heterocycles. The van der Waals surface area contributed by atoms with Crippen molar-refractivity contribution in [1.29, 1.82) is 0 Å². The Morgan fingerprint density at radius 1 is 1.21 bits per heavy atom. The maximum absolute atomic E-state index is 12.3. The van der Waals surface area contributed by atoms with Crippen LogP contribution in [-0.2, 0) is 0 Å². The van der Waals surface area contributed by atoms with Gasteiger partial charge in [-0.1, -0.05) is 0 Å². The maximum Gasteiger partial charge on any atom is 0.258 e. The van der Waals surface area contributed by atoms with Gasteiger partial charge < -0.3 is 15.7 Å². The summed E-state index contributed by atoms with van der Waals surface area (Å²) in [6.45, 7) is 0. The van der Waals surface area contributed by atoms with Gasteiger partial charge in [0.25, 0.3) is 5.91 Å². The molecule has 0 saturated heterocycles. The summed E-state index contributed by atoms with van der Waals surface area (Å²) in [6.07, 6.45) is 0. The number of phenols is 1. The number of amides is 1. The van der Waals surface area contributed by atoms with E-state index < -0.39 is 0 Å². The molecule has 0 aromatic heterocycles. The van der Waals surface area contributed by atoms with E-state index in [1.807, 2.05) is 22.6 Å². The number of anilines is 2. The minimum absolute atomic E-state index is 0.108. The summed E-state index contributed by atoms with van der Waals surface area (Å²) in [5.74, 6) is -0.0753. The first kappa shape index (κ1) is 13.7. The molecule has 3 N–H and O–H groups in total. The Balaban J connectivity index is 2.28. The molecule has 0 aliphatic carbocycles. The SMILES string of the molecule is CN(C(=O)c1ccc(I)c(O)c1)c1ccc(N)cc1. The summed E-state index contributed by atoms with van der Waals surface area (Å²) < 4.78 is 0.712. The number of carbonyl (C=O) groups is 1. The van der Waals surface area contributed by atoms with Crippen LogP contribution in [0.1, 0.15) is 10.4 Å². The van der Waals surface area contributed by atoms with Crippen LogP contribution in [-0.4, -0.2) is 18.1 Å². The van der Waals surface area contributed by atoms with E-state index in [4.69, 9.17) is 5.73 Å². The van der Waals surface area contributed by atoms with Crippen molar-refractivity contribution in [2.45, 2.75) is 0 Å². The van der Waals surface area contributed by atoms with Crippen LogP contribution in [0.4, 0.5) is 11.4 Å². The van der Waals surface area contributed by atoms with Gasteiger partial charge in [-0.25, -0.2) is 0 Å². The number of phenolic OH excluding ortho intramolecular Hbond substituents is 1. The molecule has 0 unspecified atom stereocenters. The second-order valence-corrected chi connectivity index (χ2v) is 5.28. The van der Waals surface area contributed by atoms with Crippen molar-refractivity contribution in [2.75, 3.05) is 17.7 Å². The summed E-state index contributed by atoms with van der Waals surface area (Å²) in [5, 5.41) is 9.64. The molecular weight excluding hydrogens is 355 g/mol. The van der Waals surface area contributed by atoms with Crippen molar-refractivity contribution < 1.29 is 9.90 Å². The molecule has 2 rings (SSSR count). The molecule has 2 aromatic rings. The standard InChI is InChI=1S/C14H13IN2O2/c1-17(11-5-3-10(16)4-6-11)14(19)9-2-7-12(15)13(18)8-9/h2-8,18H,16H2,1H3. The number of benzene rings is 2. The first-order valence-electron chi connectivity index (χ1n) is 5.61. The van der Waals surface area contributed by atoms with Gasteiger partial charge in [-0.05, 0) is 65.1 Å². The Morgan fingerprint density at radius 3 is 2.42 bits per heavy atom. The van der Waals surface area contributed by atoms with Crippen LogP contribution < -0.4 is 10.6 Å². The number of nitrogens with zero attached hydrogens (tertiary/aromatic N) is 1. The smallest absolute Gasteiger partial charge is 0.258 e. The van der Waals surface area contributed by atoms with Crippen molar-refractivity contribution in [3.8, 4) is 5.75 Å². The second kappa shape index (κ2) is 5.48. The molecule has 19 heavy (non-hydrogen) atoms. The average Bonchev–Trinajstić information content (AvgIpc) is 2.41. The van der Waals surface area contributed by atoms with Gasteiger partial charge in [-0.2, -0.15) is 0 Å². The Hall–Kier alpha value is -1.76. The van der Waals surface area contributed by atoms with Crippen LogP contribution in [0.5, 0.6) is 5.75 Å². The third-order valence-corrected chi connectivity index (χ3v) is 3.69. The Morgan fingerprint density at radius 2 is 1.84 bits per heavy atom. The summed E-state index contributed by atoms with van der Waals surface area (Å²) in [5.41, 5.74) is 7.45. The molecule has 98 valence electrons. The van der Waals surface area contributed by atoms with E-state index in [2.05, 4.69) is 0 Å². The van der Waals surface area contributed by atoms with Gasteiger partial charge in [0.05, 0.1) is 3.57 Å². The number of halogens is 1. The topological polar surface area (TPSA) is 66.6 Å². The first-order chi connectivity index (χ1) is 8.99. The van der Waals surface area contributed by atoms with Crippen molar-refractivity contribution >= 4 is 39.9 Å². The van der Waals surface area contributed by atoms with E-state index in [1.54, 1.807) is 43.4 Å². The van der Waals surface area contributed by atoms with Gasteiger partial charge in [0.15, 0.2) is 0 Å². The molecule has 0 aliphatic rings.